The van der Waals surface area contributed by atoms with Crippen molar-refractivity contribution in [3.8, 4) is 11.5 Å². The number of para-hydroxylation sites is 1. The summed E-state index contributed by atoms with van der Waals surface area (Å²) in [5.41, 5.74) is -0.246. The van der Waals surface area contributed by atoms with E-state index in [2.05, 4.69) is 5.32 Å². The van der Waals surface area contributed by atoms with Crippen molar-refractivity contribution in [3.05, 3.63) is 52.8 Å². The first-order valence-corrected chi connectivity index (χ1v) is 7.08. The predicted octanol–water partition coefficient (Wildman–Crippen LogP) is 2.99. The van der Waals surface area contributed by atoms with Crippen molar-refractivity contribution in [3.63, 3.8) is 0 Å². The first-order chi connectivity index (χ1) is 11.4. The van der Waals surface area contributed by atoms with Gasteiger partial charge in [0.15, 0.2) is 18.1 Å². The van der Waals surface area contributed by atoms with Crippen LogP contribution in [0.25, 0.3) is 0 Å². The lowest BCUT2D eigenvalue weighted by Gasteiger charge is -2.09. The van der Waals surface area contributed by atoms with Crippen molar-refractivity contribution in [1.29, 1.82) is 0 Å². The molecule has 126 valence electrons. The van der Waals surface area contributed by atoms with Gasteiger partial charge in [-0.15, -0.1) is 0 Å². The van der Waals surface area contributed by atoms with Gasteiger partial charge in [0.25, 0.3) is 5.91 Å². The highest BCUT2D eigenvalue weighted by atomic mass is 35.5. The number of esters is 1. The van der Waals surface area contributed by atoms with Crippen LogP contribution in [0.2, 0.25) is 5.02 Å². The van der Waals surface area contributed by atoms with E-state index < -0.39 is 30.1 Å². The van der Waals surface area contributed by atoms with Gasteiger partial charge in [0.05, 0.1) is 12.8 Å². The minimum atomic E-state index is -0.918. The molecule has 2 rings (SSSR count). The van der Waals surface area contributed by atoms with Crippen LogP contribution in [0.1, 0.15) is 10.4 Å². The van der Waals surface area contributed by atoms with E-state index in [0.29, 0.717) is 0 Å². The number of aromatic hydroxyl groups is 1. The number of phenols is 1. The lowest BCUT2D eigenvalue weighted by molar-refractivity contribution is -0.119. The van der Waals surface area contributed by atoms with Gasteiger partial charge in [-0.2, -0.15) is 0 Å². The van der Waals surface area contributed by atoms with Gasteiger partial charge in [0, 0.05) is 5.02 Å². The number of amides is 1. The Morgan fingerprint density at radius 3 is 2.71 bits per heavy atom. The molecule has 0 saturated carbocycles. The Kier molecular flexibility index (Phi) is 5.59. The number of methoxy groups -OCH3 is 1. The molecule has 0 saturated heterocycles. The van der Waals surface area contributed by atoms with Crippen LogP contribution in [0.3, 0.4) is 0 Å². The average Bonchev–Trinajstić information content (AvgIpc) is 2.55. The molecule has 24 heavy (non-hydrogen) atoms. The molecule has 0 aliphatic heterocycles. The van der Waals surface area contributed by atoms with Crippen molar-refractivity contribution in [2.45, 2.75) is 0 Å². The lowest BCUT2D eigenvalue weighted by atomic mass is 10.2. The molecule has 0 radical (unpaired) electrons. The fourth-order valence-electron chi connectivity index (χ4n) is 1.84. The maximum absolute atomic E-state index is 13.6. The van der Waals surface area contributed by atoms with Crippen LogP contribution < -0.4 is 10.1 Å². The molecule has 0 atom stereocenters. The number of benzene rings is 2. The Morgan fingerprint density at radius 1 is 1.29 bits per heavy atom. The quantitative estimate of drug-likeness (QED) is 0.807. The Hall–Kier alpha value is -2.80. The molecule has 0 aliphatic carbocycles. The number of carbonyl (C=O) groups is 2. The second-order valence-corrected chi connectivity index (χ2v) is 5.04. The summed E-state index contributed by atoms with van der Waals surface area (Å²) in [7, 11) is 1.33. The van der Waals surface area contributed by atoms with Gasteiger partial charge in [-0.25, -0.2) is 9.18 Å². The van der Waals surface area contributed by atoms with Gasteiger partial charge in [-0.05, 0) is 30.3 Å². The molecule has 0 heterocycles. The summed E-state index contributed by atoms with van der Waals surface area (Å²) in [6.45, 7) is -0.655. The minimum absolute atomic E-state index is 0.0929. The highest BCUT2D eigenvalue weighted by Crippen LogP contribution is 2.29. The molecule has 0 fully saturated rings. The Balaban J connectivity index is 1.97. The standard InChI is InChI=1S/C16H13ClFNO5/c1-23-13-4-2-3-10(15(13)21)16(22)24-8-14(20)19-12-6-5-9(17)7-11(12)18/h2-7,21H,8H2,1H3,(H,19,20). The van der Waals surface area contributed by atoms with E-state index in [4.69, 9.17) is 21.1 Å². The molecule has 2 aromatic carbocycles. The zero-order chi connectivity index (χ0) is 17.7. The number of ether oxygens (including phenoxy) is 2. The SMILES string of the molecule is COc1cccc(C(=O)OCC(=O)Nc2ccc(Cl)cc2F)c1O. The van der Waals surface area contributed by atoms with E-state index in [0.717, 1.165) is 6.07 Å². The zero-order valence-corrected chi connectivity index (χ0v) is 13.3. The molecule has 1 amide bonds. The summed E-state index contributed by atoms with van der Waals surface area (Å²) in [6, 6.07) is 7.99. The van der Waals surface area contributed by atoms with Crippen molar-refractivity contribution in [1.82, 2.24) is 0 Å². The van der Waals surface area contributed by atoms with Crippen molar-refractivity contribution < 1.29 is 28.6 Å². The molecular formula is C16H13ClFNO5. The maximum atomic E-state index is 13.6. The van der Waals surface area contributed by atoms with E-state index >= 15 is 0 Å². The van der Waals surface area contributed by atoms with Gasteiger partial charge in [0.2, 0.25) is 0 Å². The molecule has 8 heteroatoms. The fourth-order valence-corrected chi connectivity index (χ4v) is 2.00. The molecule has 2 aromatic rings. The fraction of sp³-hybridized carbons (Fsp3) is 0.125. The van der Waals surface area contributed by atoms with Crippen molar-refractivity contribution >= 4 is 29.2 Å². The smallest absolute Gasteiger partial charge is 0.342 e. The Labute approximate surface area is 141 Å². The number of phenolic OH excluding ortho intramolecular Hbond substituents is 1. The molecule has 0 bridgehead atoms. The number of hydrogen-bond donors (Lipinski definition) is 2. The highest BCUT2D eigenvalue weighted by molar-refractivity contribution is 6.30. The van der Waals surface area contributed by atoms with Crippen LogP contribution in [-0.4, -0.2) is 30.7 Å². The largest absolute Gasteiger partial charge is 0.504 e. The number of hydrogen-bond acceptors (Lipinski definition) is 5. The lowest BCUT2D eigenvalue weighted by Crippen LogP contribution is -2.21. The normalized spacial score (nSPS) is 10.1. The number of halogens is 2. The molecule has 2 N–H and O–H groups in total. The molecular weight excluding hydrogens is 341 g/mol. The van der Waals surface area contributed by atoms with Crippen LogP contribution in [0.4, 0.5) is 10.1 Å². The van der Waals surface area contributed by atoms with Crippen molar-refractivity contribution in [2.75, 3.05) is 19.0 Å². The number of anilines is 1. The summed E-state index contributed by atoms with van der Waals surface area (Å²) in [6.07, 6.45) is 0. The summed E-state index contributed by atoms with van der Waals surface area (Å²) < 4.78 is 23.2. The highest BCUT2D eigenvalue weighted by Gasteiger charge is 2.17. The van der Waals surface area contributed by atoms with E-state index in [1.807, 2.05) is 0 Å². The Bertz CT molecular complexity index is 781. The van der Waals surface area contributed by atoms with Gasteiger partial charge in [-0.1, -0.05) is 17.7 Å². The summed E-state index contributed by atoms with van der Waals surface area (Å²) in [5, 5.41) is 12.3. The number of nitrogens with one attached hydrogen (secondary N) is 1. The van der Waals surface area contributed by atoms with E-state index in [-0.39, 0.29) is 22.0 Å². The van der Waals surface area contributed by atoms with Crippen molar-refractivity contribution in [2.24, 2.45) is 0 Å². The minimum Gasteiger partial charge on any atom is -0.504 e. The van der Waals surface area contributed by atoms with E-state index in [9.17, 15) is 19.1 Å². The number of rotatable bonds is 5. The van der Waals surface area contributed by atoms with Crippen LogP contribution >= 0.6 is 11.6 Å². The first-order valence-electron chi connectivity index (χ1n) is 6.70. The van der Waals surface area contributed by atoms with Gasteiger partial charge in [-0.3, -0.25) is 4.79 Å². The van der Waals surface area contributed by atoms with Crippen LogP contribution in [0, 0.1) is 5.82 Å². The summed E-state index contributed by atoms with van der Waals surface area (Å²) in [5.74, 6) is -2.68. The Morgan fingerprint density at radius 2 is 2.04 bits per heavy atom. The third-order valence-corrected chi connectivity index (χ3v) is 3.21. The van der Waals surface area contributed by atoms with Gasteiger partial charge >= 0.3 is 5.97 Å². The number of carbonyl (C=O) groups excluding carboxylic acids is 2. The summed E-state index contributed by atoms with van der Waals surface area (Å²) >= 11 is 5.61. The average molecular weight is 354 g/mol. The second kappa shape index (κ2) is 7.65. The van der Waals surface area contributed by atoms with Crippen LogP contribution in [0.15, 0.2) is 36.4 Å². The second-order valence-electron chi connectivity index (χ2n) is 4.60. The maximum Gasteiger partial charge on any atom is 0.342 e. The van der Waals surface area contributed by atoms with E-state index in [1.54, 1.807) is 0 Å². The van der Waals surface area contributed by atoms with Gasteiger partial charge in [0.1, 0.15) is 11.4 Å². The van der Waals surface area contributed by atoms with Crippen LogP contribution in [0.5, 0.6) is 11.5 Å². The monoisotopic (exact) mass is 353 g/mol. The van der Waals surface area contributed by atoms with Gasteiger partial charge < -0.3 is 19.9 Å². The predicted molar refractivity (Wildman–Crippen MR) is 85.0 cm³/mol. The third-order valence-electron chi connectivity index (χ3n) is 2.98. The molecule has 0 aromatic heterocycles. The van der Waals surface area contributed by atoms with E-state index in [1.165, 1.54) is 37.4 Å². The molecule has 0 unspecified atom stereocenters. The van der Waals surface area contributed by atoms with Crippen LogP contribution in [-0.2, 0) is 9.53 Å². The summed E-state index contributed by atoms with van der Waals surface area (Å²) in [4.78, 5) is 23.6. The molecule has 0 aliphatic rings. The molecule has 6 nitrogen and oxygen atoms in total. The third kappa shape index (κ3) is 4.14. The molecule has 0 spiro atoms. The zero-order valence-electron chi connectivity index (χ0n) is 12.5. The topological polar surface area (TPSA) is 84.9 Å². The first kappa shape index (κ1) is 17.6.